The minimum absolute atomic E-state index is 0.0503. The van der Waals surface area contributed by atoms with Crippen molar-refractivity contribution < 1.29 is 17.9 Å². The summed E-state index contributed by atoms with van der Waals surface area (Å²) < 4.78 is 44.5. The van der Waals surface area contributed by atoms with Gasteiger partial charge in [-0.05, 0) is 7.05 Å². The van der Waals surface area contributed by atoms with Crippen LogP contribution in [0, 0.1) is 17.5 Å². The van der Waals surface area contributed by atoms with E-state index < -0.39 is 17.5 Å². The smallest absolute Gasteiger partial charge is 0.161 e. The molecule has 0 radical (unpaired) electrons. The summed E-state index contributed by atoms with van der Waals surface area (Å²) in [4.78, 5) is 2.09. The third-order valence-corrected chi connectivity index (χ3v) is 2.87. The van der Waals surface area contributed by atoms with E-state index in [0.29, 0.717) is 19.2 Å². The zero-order valence-corrected chi connectivity index (χ0v) is 10.0. The number of nitrogens with zero attached hydrogens (tertiary/aromatic N) is 1. The summed E-state index contributed by atoms with van der Waals surface area (Å²) >= 11 is 0. The van der Waals surface area contributed by atoms with Crippen molar-refractivity contribution in [2.75, 3.05) is 38.6 Å². The van der Waals surface area contributed by atoms with Crippen LogP contribution in [0.2, 0.25) is 0 Å². The Kier molecular flexibility index (Phi) is 4.08. The molecule has 0 spiro atoms. The maximum absolute atomic E-state index is 13.3. The number of nitrogens with one attached hydrogen (secondary N) is 1. The van der Waals surface area contributed by atoms with E-state index in [0.717, 1.165) is 19.2 Å². The minimum Gasteiger partial charge on any atom is -0.380 e. The molecule has 1 N–H and O–H groups in total. The maximum atomic E-state index is 13.3. The molecule has 1 unspecified atom stereocenters. The molecule has 100 valence electrons. The van der Waals surface area contributed by atoms with Crippen LogP contribution in [0.25, 0.3) is 0 Å². The number of benzene rings is 1. The Morgan fingerprint density at radius 1 is 1.28 bits per heavy atom. The van der Waals surface area contributed by atoms with Crippen LogP contribution in [0.4, 0.5) is 18.9 Å². The molecule has 1 aromatic carbocycles. The average molecular weight is 260 g/mol. The second-order valence-electron chi connectivity index (χ2n) is 4.38. The van der Waals surface area contributed by atoms with Gasteiger partial charge in [0, 0.05) is 31.8 Å². The molecule has 1 atom stereocenters. The molecule has 0 amide bonds. The fourth-order valence-electron chi connectivity index (χ4n) is 1.87. The van der Waals surface area contributed by atoms with Crippen LogP contribution in [-0.2, 0) is 4.74 Å². The Morgan fingerprint density at radius 2 is 2.00 bits per heavy atom. The molecule has 3 nitrogen and oxygen atoms in total. The van der Waals surface area contributed by atoms with Crippen LogP contribution in [0.5, 0.6) is 0 Å². The second kappa shape index (κ2) is 5.58. The van der Waals surface area contributed by atoms with E-state index in [2.05, 4.69) is 10.2 Å². The van der Waals surface area contributed by atoms with Gasteiger partial charge in [-0.2, -0.15) is 0 Å². The van der Waals surface area contributed by atoms with Crippen molar-refractivity contribution in [3.8, 4) is 0 Å². The van der Waals surface area contributed by atoms with Gasteiger partial charge in [0.2, 0.25) is 0 Å². The Labute approximate surface area is 104 Å². The lowest BCUT2D eigenvalue weighted by molar-refractivity contribution is -0.0117. The molecule has 0 aromatic heterocycles. The van der Waals surface area contributed by atoms with Crippen LogP contribution < -0.4 is 5.32 Å². The van der Waals surface area contributed by atoms with Crippen molar-refractivity contribution >= 4 is 5.69 Å². The Morgan fingerprint density at radius 3 is 2.72 bits per heavy atom. The quantitative estimate of drug-likeness (QED) is 0.839. The Bertz CT molecular complexity index is 428. The first-order chi connectivity index (χ1) is 8.56. The number of hydrogen-bond donors (Lipinski definition) is 1. The maximum Gasteiger partial charge on any atom is 0.161 e. The van der Waals surface area contributed by atoms with E-state index in [1.165, 1.54) is 0 Å². The van der Waals surface area contributed by atoms with Crippen molar-refractivity contribution in [2.24, 2.45) is 0 Å². The number of morpholine rings is 1. The van der Waals surface area contributed by atoms with Crippen molar-refractivity contribution in [3.63, 3.8) is 0 Å². The Hall–Kier alpha value is -1.27. The number of rotatable bonds is 3. The number of likely N-dealkylation sites (N-methyl/N-ethyl adjacent to an activating group) is 1. The molecule has 6 heteroatoms. The third kappa shape index (κ3) is 3.14. The molecule has 18 heavy (non-hydrogen) atoms. The van der Waals surface area contributed by atoms with Crippen LogP contribution in [0.3, 0.4) is 0 Å². The molecule has 0 saturated carbocycles. The summed E-state index contributed by atoms with van der Waals surface area (Å²) in [5.41, 5.74) is -0.0503. The molecule has 1 fully saturated rings. The van der Waals surface area contributed by atoms with Crippen molar-refractivity contribution in [2.45, 2.75) is 6.10 Å². The minimum atomic E-state index is -1.19. The summed E-state index contributed by atoms with van der Waals surface area (Å²) in [5, 5.41) is 2.74. The Balaban J connectivity index is 1.95. The van der Waals surface area contributed by atoms with E-state index in [-0.39, 0.29) is 11.8 Å². The van der Waals surface area contributed by atoms with Gasteiger partial charge in [0.05, 0.1) is 18.4 Å². The number of hydrogen-bond acceptors (Lipinski definition) is 3. The van der Waals surface area contributed by atoms with Gasteiger partial charge in [0.15, 0.2) is 11.6 Å². The molecular formula is C12H15F3N2O. The zero-order valence-electron chi connectivity index (χ0n) is 10.0. The van der Waals surface area contributed by atoms with Gasteiger partial charge in [-0.15, -0.1) is 0 Å². The van der Waals surface area contributed by atoms with Gasteiger partial charge in [0.25, 0.3) is 0 Å². The number of anilines is 1. The highest BCUT2D eigenvalue weighted by Crippen LogP contribution is 2.18. The van der Waals surface area contributed by atoms with Gasteiger partial charge in [-0.3, -0.25) is 0 Å². The van der Waals surface area contributed by atoms with Crippen molar-refractivity contribution in [1.82, 2.24) is 4.90 Å². The van der Waals surface area contributed by atoms with Crippen molar-refractivity contribution in [3.05, 3.63) is 29.6 Å². The normalized spacial score (nSPS) is 21.0. The molecule has 1 heterocycles. The van der Waals surface area contributed by atoms with E-state index in [9.17, 15) is 13.2 Å². The highest BCUT2D eigenvalue weighted by molar-refractivity contribution is 5.45. The zero-order chi connectivity index (χ0) is 13.1. The predicted octanol–water partition coefficient (Wildman–Crippen LogP) is 1.85. The van der Waals surface area contributed by atoms with E-state index in [4.69, 9.17) is 4.74 Å². The summed E-state index contributed by atoms with van der Waals surface area (Å²) in [6.07, 6.45) is -0.0868. The highest BCUT2D eigenvalue weighted by atomic mass is 19.2. The largest absolute Gasteiger partial charge is 0.380 e. The highest BCUT2D eigenvalue weighted by Gasteiger charge is 2.18. The third-order valence-electron chi connectivity index (χ3n) is 2.87. The van der Waals surface area contributed by atoms with Gasteiger partial charge in [-0.25, -0.2) is 13.2 Å². The van der Waals surface area contributed by atoms with Gasteiger partial charge < -0.3 is 15.0 Å². The van der Waals surface area contributed by atoms with E-state index in [1.54, 1.807) is 0 Å². The first-order valence-electron chi connectivity index (χ1n) is 5.75. The fourth-order valence-corrected chi connectivity index (χ4v) is 1.87. The standard InChI is InChI=1S/C12H15F3N2O/c1-17-2-3-18-8(7-17)6-16-12-5-10(14)9(13)4-11(12)15/h4-5,8,16H,2-3,6-7H2,1H3. The lowest BCUT2D eigenvalue weighted by atomic mass is 10.2. The first kappa shape index (κ1) is 13.2. The monoisotopic (exact) mass is 260 g/mol. The first-order valence-corrected chi connectivity index (χ1v) is 5.75. The molecule has 0 aliphatic carbocycles. The SMILES string of the molecule is CN1CCOC(CNc2cc(F)c(F)cc2F)C1. The lowest BCUT2D eigenvalue weighted by Crippen LogP contribution is -2.43. The van der Waals surface area contributed by atoms with Gasteiger partial charge in [0.1, 0.15) is 5.82 Å². The van der Waals surface area contributed by atoms with E-state index >= 15 is 0 Å². The summed E-state index contributed by atoms with van der Waals surface area (Å²) in [5.74, 6) is -3.06. The topological polar surface area (TPSA) is 24.5 Å². The summed E-state index contributed by atoms with van der Waals surface area (Å²) in [6, 6.07) is 1.35. The molecular weight excluding hydrogens is 245 g/mol. The predicted molar refractivity (Wildman–Crippen MR) is 62.0 cm³/mol. The molecule has 1 saturated heterocycles. The average Bonchev–Trinajstić information content (AvgIpc) is 2.32. The summed E-state index contributed by atoms with van der Waals surface area (Å²) in [7, 11) is 1.97. The molecule has 2 rings (SSSR count). The summed E-state index contributed by atoms with van der Waals surface area (Å²) in [6.45, 7) is 2.55. The number of ether oxygens (including phenoxy) is 1. The lowest BCUT2D eigenvalue weighted by Gasteiger charge is -2.30. The second-order valence-corrected chi connectivity index (χ2v) is 4.38. The van der Waals surface area contributed by atoms with Crippen molar-refractivity contribution in [1.29, 1.82) is 0 Å². The molecule has 1 aliphatic heterocycles. The van der Waals surface area contributed by atoms with Crippen LogP contribution in [0.1, 0.15) is 0 Å². The molecule has 0 bridgehead atoms. The van der Waals surface area contributed by atoms with Crippen LogP contribution >= 0.6 is 0 Å². The van der Waals surface area contributed by atoms with Gasteiger partial charge in [-0.1, -0.05) is 0 Å². The van der Waals surface area contributed by atoms with Crippen LogP contribution in [-0.4, -0.2) is 44.3 Å². The fraction of sp³-hybridized carbons (Fsp3) is 0.500. The molecule has 1 aromatic rings. The molecule has 1 aliphatic rings. The van der Waals surface area contributed by atoms with E-state index in [1.807, 2.05) is 7.05 Å². The van der Waals surface area contributed by atoms with Gasteiger partial charge >= 0.3 is 0 Å². The number of halogens is 3. The van der Waals surface area contributed by atoms with Crippen LogP contribution in [0.15, 0.2) is 12.1 Å².